The van der Waals surface area contributed by atoms with Crippen LogP contribution in [-0.4, -0.2) is 25.1 Å². The van der Waals surface area contributed by atoms with E-state index in [1.807, 2.05) is 12.1 Å². The van der Waals surface area contributed by atoms with Gasteiger partial charge in [-0.05, 0) is 42.8 Å². The molecule has 0 unspecified atom stereocenters. The zero-order valence-corrected chi connectivity index (χ0v) is 15.2. The summed E-state index contributed by atoms with van der Waals surface area (Å²) in [5.74, 6) is -0.311. The second-order valence-corrected chi connectivity index (χ2v) is 6.06. The van der Waals surface area contributed by atoms with Gasteiger partial charge in [-0.3, -0.25) is 4.79 Å². The van der Waals surface area contributed by atoms with E-state index in [-0.39, 0.29) is 10.6 Å². The van der Waals surface area contributed by atoms with Crippen LogP contribution < -0.4 is 10.1 Å². The Bertz CT molecular complexity index is 762. The van der Waals surface area contributed by atoms with Gasteiger partial charge in [0.05, 0.1) is 22.7 Å². The number of hydrogen-bond donors (Lipinski definition) is 1. The maximum absolute atomic E-state index is 12.1. The topological polar surface area (TPSA) is 64.6 Å². The molecule has 2 rings (SSSR count). The Balaban J connectivity index is 1.88. The summed E-state index contributed by atoms with van der Waals surface area (Å²) in [5.41, 5.74) is 1.13. The number of rotatable bonds is 6. The summed E-state index contributed by atoms with van der Waals surface area (Å²) >= 11 is 11.7. The second kappa shape index (κ2) is 8.74. The molecule has 0 aromatic heterocycles. The molecule has 2 aromatic rings. The van der Waals surface area contributed by atoms with Crippen molar-refractivity contribution >= 4 is 35.1 Å². The molecule has 0 fully saturated rings. The van der Waals surface area contributed by atoms with E-state index in [9.17, 15) is 9.59 Å². The van der Waals surface area contributed by atoms with E-state index in [0.29, 0.717) is 11.6 Å². The van der Waals surface area contributed by atoms with Crippen molar-refractivity contribution < 1.29 is 19.1 Å². The molecule has 7 heteroatoms. The van der Waals surface area contributed by atoms with Crippen LogP contribution in [0.2, 0.25) is 10.0 Å². The molecule has 5 nitrogen and oxygen atoms in total. The fourth-order valence-corrected chi connectivity index (χ4v) is 2.28. The Labute approximate surface area is 155 Å². The van der Waals surface area contributed by atoms with E-state index < -0.39 is 18.0 Å². The lowest BCUT2D eigenvalue weighted by Gasteiger charge is -2.14. The standard InChI is InChI=1S/C18H17Cl2NO4/c1-11(25-18(23)13-5-8-15(19)16(20)9-13)17(22)21-10-12-3-6-14(24-2)7-4-12/h3-9,11H,10H2,1-2H3,(H,21,22)/t11-/m1/s1. The van der Waals surface area contributed by atoms with E-state index in [2.05, 4.69) is 5.32 Å². The first-order valence-corrected chi connectivity index (χ1v) is 8.23. The quantitative estimate of drug-likeness (QED) is 0.771. The van der Waals surface area contributed by atoms with Gasteiger partial charge in [0.15, 0.2) is 6.10 Å². The van der Waals surface area contributed by atoms with Crippen molar-refractivity contribution in [1.29, 1.82) is 0 Å². The third-order valence-electron chi connectivity index (χ3n) is 3.43. The largest absolute Gasteiger partial charge is 0.497 e. The maximum Gasteiger partial charge on any atom is 0.338 e. The molecule has 0 aliphatic heterocycles. The van der Waals surface area contributed by atoms with E-state index in [0.717, 1.165) is 11.3 Å². The van der Waals surface area contributed by atoms with Gasteiger partial charge in [-0.25, -0.2) is 4.79 Å². The summed E-state index contributed by atoms with van der Waals surface area (Å²) < 4.78 is 10.2. The van der Waals surface area contributed by atoms with Crippen molar-refractivity contribution in [2.24, 2.45) is 0 Å². The molecule has 1 N–H and O–H groups in total. The lowest BCUT2D eigenvalue weighted by molar-refractivity contribution is -0.129. The first-order chi connectivity index (χ1) is 11.9. The highest BCUT2D eigenvalue weighted by Crippen LogP contribution is 2.23. The summed E-state index contributed by atoms with van der Waals surface area (Å²) in [5, 5.41) is 3.29. The van der Waals surface area contributed by atoms with Crippen LogP contribution >= 0.6 is 23.2 Å². The van der Waals surface area contributed by atoms with Crippen LogP contribution in [0.1, 0.15) is 22.8 Å². The van der Waals surface area contributed by atoms with Crippen molar-refractivity contribution in [3.8, 4) is 5.75 Å². The van der Waals surface area contributed by atoms with Crippen LogP contribution in [0.4, 0.5) is 0 Å². The number of amides is 1. The zero-order valence-electron chi connectivity index (χ0n) is 13.7. The molecule has 1 atom stereocenters. The summed E-state index contributed by atoms with van der Waals surface area (Å²) in [6.07, 6.45) is -0.944. The minimum absolute atomic E-state index is 0.226. The summed E-state index contributed by atoms with van der Waals surface area (Å²) in [7, 11) is 1.58. The molecule has 0 spiro atoms. The molecule has 0 saturated carbocycles. The Hall–Kier alpha value is -2.24. The van der Waals surface area contributed by atoms with E-state index in [1.165, 1.54) is 25.1 Å². The van der Waals surface area contributed by atoms with E-state index >= 15 is 0 Å². The van der Waals surface area contributed by atoms with E-state index in [1.54, 1.807) is 19.2 Å². The van der Waals surface area contributed by atoms with E-state index in [4.69, 9.17) is 32.7 Å². The third-order valence-corrected chi connectivity index (χ3v) is 4.17. The summed E-state index contributed by atoms with van der Waals surface area (Å²) in [6.45, 7) is 1.82. The Morgan fingerprint density at radius 3 is 2.36 bits per heavy atom. The number of carbonyl (C=O) groups is 2. The first-order valence-electron chi connectivity index (χ1n) is 7.47. The molecule has 0 bridgehead atoms. The fourth-order valence-electron chi connectivity index (χ4n) is 1.98. The lowest BCUT2D eigenvalue weighted by atomic mass is 10.2. The molecule has 0 radical (unpaired) electrons. The van der Waals surface area contributed by atoms with Gasteiger partial charge in [-0.15, -0.1) is 0 Å². The van der Waals surface area contributed by atoms with Gasteiger partial charge < -0.3 is 14.8 Å². The number of esters is 1. The molecule has 0 aliphatic carbocycles. The maximum atomic E-state index is 12.1. The van der Waals surface area contributed by atoms with Gasteiger partial charge in [0, 0.05) is 6.54 Å². The third kappa shape index (κ3) is 5.37. The number of nitrogens with one attached hydrogen (secondary N) is 1. The van der Waals surface area contributed by atoms with Crippen LogP contribution in [0.25, 0.3) is 0 Å². The number of benzene rings is 2. The molecule has 2 aromatic carbocycles. The minimum atomic E-state index is -0.944. The van der Waals surface area contributed by atoms with Gasteiger partial charge in [0.2, 0.25) is 0 Å². The fraction of sp³-hybridized carbons (Fsp3) is 0.222. The molecule has 0 heterocycles. The predicted molar refractivity (Wildman–Crippen MR) is 96.2 cm³/mol. The average molecular weight is 382 g/mol. The van der Waals surface area contributed by atoms with Gasteiger partial charge in [-0.2, -0.15) is 0 Å². The molecule has 0 saturated heterocycles. The molecular formula is C18H17Cl2NO4. The predicted octanol–water partition coefficient (Wildman–Crippen LogP) is 3.86. The van der Waals surface area contributed by atoms with Crippen molar-refractivity contribution in [3.05, 3.63) is 63.6 Å². The minimum Gasteiger partial charge on any atom is -0.497 e. The second-order valence-electron chi connectivity index (χ2n) is 5.24. The Kier molecular flexibility index (Phi) is 6.67. The van der Waals surface area contributed by atoms with Crippen LogP contribution in [0, 0.1) is 0 Å². The Morgan fingerprint density at radius 1 is 1.08 bits per heavy atom. The molecule has 1 amide bonds. The molecule has 0 aliphatic rings. The number of halogens is 2. The van der Waals surface area contributed by atoms with Gasteiger partial charge in [0.25, 0.3) is 5.91 Å². The molecule has 132 valence electrons. The van der Waals surface area contributed by atoms with Crippen LogP contribution in [0.3, 0.4) is 0 Å². The lowest BCUT2D eigenvalue weighted by Crippen LogP contribution is -2.35. The van der Waals surface area contributed by atoms with Crippen LogP contribution in [0.5, 0.6) is 5.75 Å². The number of ether oxygens (including phenoxy) is 2. The van der Waals surface area contributed by atoms with Gasteiger partial charge >= 0.3 is 5.97 Å². The highest BCUT2D eigenvalue weighted by molar-refractivity contribution is 6.42. The van der Waals surface area contributed by atoms with Gasteiger partial charge in [0.1, 0.15) is 5.75 Å². The highest BCUT2D eigenvalue weighted by Gasteiger charge is 2.19. The SMILES string of the molecule is COc1ccc(CNC(=O)[C@@H](C)OC(=O)c2ccc(Cl)c(Cl)c2)cc1. The van der Waals surface area contributed by atoms with Crippen LogP contribution in [-0.2, 0) is 16.1 Å². The summed E-state index contributed by atoms with van der Waals surface area (Å²) in [6, 6.07) is 11.7. The molecular weight excluding hydrogens is 365 g/mol. The Morgan fingerprint density at radius 2 is 1.76 bits per heavy atom. The average Bonchev–Trinajstić information content (AvgIpc) is 2.62. The zero-order chi connectivity index (χ0) is 18.4. The number of methoxy groups -OCH3 is 1. The molecule has 25 heavy (non-hydrogen) atoms. The van der Waals surface area contributed by atoms with Crippen molar-refractivity contribution in [2.45, 2.75) is 19.6 Å². The number of hydrogen-bond acceptors (Lipinski definition) is 4. The van der Waals surface area contributed by atoms with Gasteiger partial charge in [-0.1, -0.05) is 35.3 Å². The van der Waals surface area contributed by atoms with Crippen molar-refractivity contribution in [1.82, 2.24) is 5.32 Å². The highest BCUT2D eigenvalue weighted by atomic mass is 35.5. The van der Waals surface area contributed by atoms with Crippen molar-refractivity contribution in [2.75, 3.05) is 7.11 Å². The number of carbonyl (C=O) groups excluding carboxylic acids is 2. The monoisotopic (exact) mass is 381 g/mol. The van der Waals surface area contributed by atoms with Crippen molar-refractivity contribution in [3.63, 3.8) is 0 Å². The van der Waals surface area contributed by atoms with Crippen LogP contribution in [0.15, 0.2) is 42.5 Å². The first kappa shape index (κ1) is 19.1. The normalized spacial score (nSPS) is 11.5. The smallest absolute Gasteiger partial charge is 0.338 e. The summed E-state index contributed by atoms with van der Waals surface area (Å²) in [4.78, 5) is 24.1.